The van der Waals surface area contributed by atoms with Gasteiger partial charge in [-0.05, 0) is 39.0 Å². The fourth-order valence-electron chi connectivity index (χ4n) is 3.20. The largest absolute Gasteiger partial charge is 0.378 e. The topological polar surface area (TPSA) is 30.5 Å². The van der Waals surface area contributed by atoms with Crippen molar-refractivity contribution < 1.29 is 9.47 Å². The highest BCUT2D eigenvalue weighted by atomic mass is 16.5. The van der Waals surface area contributed by atoms with E-state index in [-0.39, 0.29) is 0 Å². The minimum Gasteiger partial charge on any atom is -0.378 e. The van der Waals surface area contributed by atoms with Gasteiger partial charge in [0, 0.05) is 31.2 Å². The normalized spacial score (nSPS) is 36.7. The van der Waals surface area contributed by atoms with Crippen LogP contribution in [0.2, 0.25) is 0 Å². The summed E-state index contributed by atoms with van der Waals surface area (Å²) in [5.41, 5.74) is 0.330. The molecule has 0 aromatic rings. The highest BCUT2D eigenvalue weighted by Gasteiger charge is 2.41. The Hall–Kier alpha value is -0.120. The lowest BCUT2D eigenvalue weighted by Gasteiger charge is -2.34. The van der Waals surface area contributed by atoms with Crippen LogP contribution in [-0.2, 0) is 9.47 Å². The van der Waals surface area contributed by atoms with E-state index in [9.17, 15) is 0 Å². The molecule has 3 heteroatoms. The van der Waals surface area contributed by atoms with Crippen molar-refractivity contribution in [2.24, 2.45) is 5.41 Å². The van der Waals surface area contributed by atoms with Crippen molar-refractivity contribution in [2.45, 2.75) is 71.1 Å². The first-order valence-electron chi connectivity index (χ1n) is 7.59. The SMILES string of the molecule is CC(C)NCC1(CCC2CCCO2)CCOC1C. The summed E-state index contributed by atoms with van der Waals surface area (Å²) in [6.07, 6.45) is 7.02. The Balaban J connectivity index is 1.87. The predicted molar refractivity (Wildman–Crippen MR) is 73.8 cm³/mol. The quantitative estimate of drug-likeness (QED) is 0.791. The molecular formula is C15H29NO2. The number of rotatable bonds is 6. The van der Waals surface area contributed by atoms with Crippen LogP contribution in [0, 0.1) is 5.41 Å². The van der Waals surface area contributed by atoms with Crippen molar-refractivity contribution in [3.05, 3.63) is 0 Å². The molecule has 0 bridgehead atoms. The summed E-state index contributed by atoms with van der Waals surface area (Å²) < 4.78 is 11.6. The third kappa shape index (κ3) is 3.46. The van der Waals surface area contributed by atoms with Gasteiger partial charge in [0.25, 0.3) is 0 Å². The first-order chi connectivity index (χ1) is 8.62. The van der Waals surface area contributed by atoms with E-state index in [1.807, 2.05) is 0 Å². The molecule has 0 saturated carbocycles. The van der Waals surface area contributed by atoms with Gasteiger partial charge in [0.05, 0.1) is 12.2 Å². The van der Waals surface area contributed by atoms with Gasteiger partial charge in [-0.25, -0.2) is 0 Å². The minimum absolute atomic E-state index is 0.330. The molecule has 2 heterocycles. The highest BCUT2D eigenvalue weighted by molar-refractivity contribution is 4.92. The molecule has 3 nitrogen and oxygen atoms in total. The molecule has 0 amide bonds. The third-order valence-corrected chi connectivity index (χ3v) is 4.68. The summed E-state index contributed by atoms with van der Waals surface area (Å²) >= 11 is 0. The van der Waals surface area contributed by atoms with E-state index in [1.54, 1.807) is 0 Å². The van der Waals surface area contributed by atoms with E-state index in [0.717, 1.165) is 19.8 Å². The molecule has 0 radical (unpaired) electrons. The Morgan fingerprint density at radius 1 is 1.28 bits per heavy atom. The molecular weight excluding hydrogens is 226 g/mol. The van der Waals surface area contributed by atoms with Gasteiger partial charge in [-0.2, -0.15) is 0 Å². The van der Waals surface area contributed by atoms with E-state index in [2.05, 4.69) is 26.1 Å². The Morgan fingerprint density at radius 2 is 2.11 bits per heavy atom. The number of hydrogen-bond donors (Lipinski definition) is 1. The molecule has 2 rings (SSSR count). The average molecular weight is 255 g/mol. The number of nitrogens with one attached hydrogen (secondary N) is 1. The van der Waals surface area contributed by atoms with Crippen molar-refractivity contribution in [3.63, 3.8) is 0 Å². The standard InChI is InChI=1S/C15H29NO2/c1-12(2)16-11-15(8-10-17-13(15)3)7-6-14-5-4-9-18-14/h12-14,16H,4-11H2,1-3H3. The lowest BCUT2D eigenvalue weighted by atomic mass is 9.76. The summed E-state index contributed by atoms with van der Waals surface area (Å²) in [6, 6.07) is 0.553. The van der Waals surface area contributed by atoms with Gasteiger partial charge in [-0.15, -0.1) is 0 Å². The summed E-state index contributed by atoms with van der Waals surface area (Å²) in [4.78, 5) is 0. The first-order valence-corrected chi connectivity index (χ1v) is 7.59. The van der Waals surface area contributed by atoms with Crippen molar-refractivity contribution in [1.29, 1.82) is 0 Å². The van der Waals surface area contributed by atoms with Crippen LogP contribution in [0.25, 0.3) is 0 Å². The molecule has 18 heavy (non-hydrogen) atoms. The number of hydrogen-bond acceptors (Lipinski definition) is 3. The van der Waals surface area contributed by atoms with Gasteiger partial charge < -0.3 is 14.8 Å². The number of ether oxygens (including phenoxy) is 2. The average Bonchev–Trinajstić information content (AvgIpc) is 2.95. The van der Waals surface area contributed by atoms with E-state index in [0.29, 0.717) is 23.7 Å². The molecule has 2 aliphatic heterocycles. The van der Waals surface area contributed by atoms with Crippen molar-refractivity contribution in [2.75, 3.05) is 19.8 Å². The van der Waals surface area contributed by atoms with Gasteiger partial charge in [0.2, 0.25) is 0 Å². The lowest BCUT2D eigenvalue weighted by Crippen LogP contribution is -2.42. The van der Waals surface area contributed by atoms with Crippen LogP contribution in [0.1, 0.15) is 52.9 Å². The van der Waals surface area contributed by atoms with Crippen LogP contribution < -0.4 is 5.32 Å². The van der Waals surface area contributed by atoms with Gasteiger partial charge >= 0.3 is 0 Å². The monoisotopic (exact) mass is 255 g/mol. The maximum absolute atomic E-state index is 5.84. The van der Waals surface area contributed by atoms with Crippen molar-refractivity contribution in [3.8, 4) is 0 Å². The first kappa shape index (κ1) is 14.3. The smallest absolute Gasteiger partial charge is 0.0616 e. The van der Waals surface area contributed by atoms with Gasteiger partial charge in [-0.3, -0.25) is 0 Å². The molecule has 2 fully saturated rings. The van der Waals surface area contributed by atoms with E-state index < -0.39 is 0 Å². The molecule has 0 spiro atoms. The fourth-order valence-corrected chi connectivity index (χ4v) is 3.20. The maximum atomic E-state index is 5.84. The van der Waals surface area contributed by atoms with E-state index in [4.69, 9.17) is 9.47 Å². The van der Waals surface area contributed by atoms with Crippen LogP contribution in [0.5, 0.6) is 0 Å². The van der Waals surface area contributed by atoms with Crippen LogP contribution in [0.4, 0.5) is 0 Å². The molecule has 3 unspecified atom stereocenters. The van der Waals surface area contributed by atoms with Crippen molar-refractivity contribution >= 4 is 0 Å². The summed E-state index contributed by atoms with van der Waals surface area (Å²) in [5, 5.41) is 3.61. The Labute approximate surface area is 112 Å². The van der Waals surface area contributed by atoms with Crippen LogP contribution in [-0.4, -0.2) is 38.0 Å². The second kappa shape index (κ2) is 6.36. The molecule has 3 atom stereocenters. The zero-order valence-corrected chi connectivity index (χ0v) is 12.2. The Morgan fingerprint density at radius 3 is 2.67 bits per heavy atom. The molecule has 1 N–H and O–H groups in total. The van der Waals surface area contributed by atoms with Crippen LogP contribution in [0.3, 0.4) is 0 Å². The summed E-state index contributed by atoms with van der Waals surface area (Å²) in [6.45, 7) is 9.64. The third-order valence-electron chi connectivity index (χ3n) is 4.68. The molecule has 0 aliphatic carbocycles. The van der Waals surface area contributed by atoms with Crippen molar-refractivity contribution in [1.82, 2.24) is 5.32 Å². The lowest BCUT2D eigenvalue weighted by molar-refractivity contribution is 0.0401. The molecule has 106 valence electrons. The molecule has 0 aromatic heterocycles. The van der Waals surface area contributed by atoms with Gasteiger partial charge in [0.15, 0.2) is 0 Å². The van der Waals surface area contributed by atoms with Crippen LogP contribution in [0.15, 0.2) is 0 Å². The zero-order chi connectivity index (χ0) is 13.0. The summed E-state index contributed by atoms with van der Waals surface area (Å²) in [7, 11) is 0. The van der Waals surface area contributed by atoms with Crippen LogP contribution >= 0.6 is 0 Å². The van der Waals surface area contributed by atoms with Gasteiger partial charge in [0.1, 0.15) is 0 Å². The Bertz CT molecular complexity index is 251. The maximum Gasteiger partial charge on any atom is 0.0616 e. The minimum atomic E-state index is 0.330. The fraction of sp³-hybridized carbons (Fsp3) is 1.00. The molecule has 2 saturated heterocycles. The second-order valence-electron chi connectivity index (χ2n) is 6.33. The second-order valence-corrected chi connectivity index (χ2v) is 6.33. The zero-order valence-electron chi connectivity index (χ0n) is 12.2. The highest BCUT2D eigenvalue weighted by Crippen LogP contribution is 2.40. The predicted octanol–water partition coefficient (Wildman–Crippen LogP) is 2.74. The Kier molecular flexibility index (Phi) is 5.05. The summed E-state index contributed by atoms with van der Waals surface area (Å²) in [5.74, 6) is 0. The van der Waals surface area contributed by atoms with E-state index >= 15 is 0 Å². The van der Waals surface area contributed by atoms with Gasteiger partial charge in [-0.1, -0.05) is 13.8 Å². The van der Waals surface area contributed by atoms with E-state index in [1.165, 1.54) is 32.1 Å². The molecule has 0 aromatic carbocycles. The molecule has 2 aliphatic rings.